The highest BCUT2D eigenvalue weighted by Gasteiger charge is 2.38. The van der Waals surface area contributed by atoms with Crippen molar-refractivity contribution in [2.75, 3.05) is 33.3 Å². The molecule has 1 aliphatic rings. The van der Waals surface area contributed by atoms with Crippen LogP contribution in [-0.4, -0.2) is 69.4 Å². The summed E-state index contributed by atoms with van der Waals surface area (Å²) < 4.78 is 72.0. The Hall–Kier alpha value is -3.12. The van der Waals surface area contributed by atoms with Gasteiger partial charge in [0.25, 0.3) is 5.91 Å². The van der Waals surface area contributed by atoms with Gasteiger partial charge in [0, 0.05) is 31.7 Å². The number of hydrogen-bond donors (Lipinski definition) is 1. The Bertz CT molecular complexity index is 1160. The van der Waals surface area contributed by atoms with Crippen LogP contribution >= 0.6 is 0 Å². The van der Waals surface area contributed by atoms with Crippen LogP contribution in [-0.2, 0) is 21.0 Å². The van der Waals surface area contributed by atoms with Gasteiger partial charge in [-0.2, -0.15) is 17.9 Å². The number of hydrogen-bond acceptors (Lipinski definition) is 5. The maximum atomic E-state index is 13.2. The summed E-state index contributed by atoms with van der Waals surface area (Å²) >= 11 is 0. The summed E-state index contributed by atoms with van der Waals surface area (Å²) in [5, 5.41) is 0. The molecule has 1 atom stereocenters. The molecule has 0 radical (unpaired) electrons. The molecule has 0 spiro atoms. The van der Waals surface area contributed by atoms with E-state index in [1.54, 1.807) is 29.2 Å². The van der Waals surface area contributed by atoms with Crippen molar-refractivity contribution in [2.24, 2.45) is 0 Å². The molecule has 1 saturated heterocycles. The quantitative estimate of drug-likeness (QED) is 0.659. The molecule has 0 aromatic heterocycles. The summed E-state index contributed by atoms with van der Waals surface area (Å²) in [7, 11) is -3.13. The van der Waals surface area contributed by atoms with Crippen molar-refractivity contribution in [1.82, 2.24) is 14.5 Å². The number of piperazine rings is 1. The highest BCUT2D eigenvalue weighted by atomic mass is 32.2. The first-order valence-corrected chi connectivity index (χ1v) is 11.8. The van der Waals surface area contributed by atoms with Gasteiger partial charge in [0.1, 0.15) is 5.75 Å². The topological polar surface area (TPSA) is 96.0 Å². The van der Waals surface area contributed by atoms with Crippen LogP contribution in [0.4, 0.5) is 13.2 Å². The third-order valence-electron chi connectivity index (χ3n) is 5.38. The fourth-order valence-corrected chi connectivity index (χ4v) is 5.05. The molecule has 0 bridgehead atoms. The third-order valence-corrected chi connectivity index (χ3v) is 6.98. The van der Waals surface area contributed by atoms with Gasteiger partial charge in [-0.05, 0) is 37.3 Å². The molecule has 2 aromatic carbocycles. The molecule has 0 aliphatic carbocycles. The van der Waals surface area contributed by atoms with Crippen LogP contribution in [0, 0.1) is 0 Å². The van der Waals surface area contributed by atoms with E-state index in [0.29, 0.717) is 17.4 Å². The third kappa shape index (κ3) is 5.68. The Morgan fingerprint density at radius 3 is 2.24 bits per heavy atom. The van der Waals surface area contributed by atoms with Crippen LogP contribution in [0.3, 0.4) is 0 Å². The first-order chi connectivity index (χ1) is 15.9. The van der Waals surface area contributed by atoms with Crippen LogP contribution in [0.1, 0.15) is 22.8 Å². The van der Waals surface area contributed by atoms with Crippen molar-refractivity contribution < 1.29 is 35.9 Å². The predicted octanol–water partition coefficient (Wildman–Crippen LogP) is 2.37. The molecule has 1 N–H and O–H groups in total. The minimum absolute atomic E-state index is 0.153. The van der Waals surface area contributed by atoms with Gasteiger partial charge in [-0.25, -0.2) is 8.42 Å². The first-order valence-electron chi connectivity index (χ1n) is 10.3. The lowest BCUT2D eigenvalue weighted by atomic mass is 10.1. The lowest BCUT2D eigenvalue weighted by Gasteiger charge is -2.36. The van der Waals surface area contributed by atoms with E-state index in [4.69, 9.17) is 4.74 Å². The summed E-state index contributed by atoms with van der Waals surface area (Å²) in [5.41, 5.74) is -0.879. The van der Waals surface area contributed by atoms with Crippen LogP contribution < -0.4 is 9.46 Å². The SMILES string of the molecule is COc1cccc(C(=O)N2CCN(C(=O)[C@H](C)NS(=O)(=O)c3ccccc3C(F)(F)F)CC2)c1. The van der Waals surface area contributed by atoms with E-state index in [1.807, 2.05) is 4.72 Å². The highest BCUT2D eigenvalue weighted by molar-refractivity contribution is 7.89. The Morgan fingerprint density at radius 2 is 1.62 bits per heavy atom. The molecule has 0 saturated carbocycles. The summed E-state index contributed by atoms with van der Waals surface area (Å²) in [6, 6.07) is 9.13. The predicted molar refractivity (Wildman–Crippen MR) is 117 cm³/mol. The monoisotopic (exact) mass is 499 g/mol. The number of alkyl halides is 3. The van der Waals surface area contributed by atoms with Gasteiger partial charge in [-0.1, -0.05) is 18.2 Å². The zero-order chi connectivity index (χ0) is 25.1. The number of rotatable bonds is 6. The standard InChI is InChI=1S/C22H24F3N3O5S/c1-15(26-34(31,32)19-9-4-3-8-18(19)22(23,24)25)20(29)27-10-12-28(13-11-27)21(30)16-6-5-7-17(14-16)33-2/h3-9,14-15,26H,10-13H2,1-2H3/t15-/m0/s1. The molecule has 1 aliphatic heterocycles. The van der Waals surface area contributed by atoms with Crippen molar-refractivity contribution >= 4 is 21.8 Å². The second-order valence-electron chi connectivity index (χ2n) is 7.69. The van der Waals surface area contributed by atoms with Crippen molar-refractivity contribution in [1.29, 1.82) is 0 Å². The van der Waals surface area contributed by atoms with E-state index in [2.05, 4.69) is 0 Å². The van der Waals surface area contributed by atoms with Crippen molar-refractivity contribution in [2.45, 2.75) is 24.0 Å². The van der Waals surface area contributed by atoms with E-state index in [0.717, 1.165) is 12.1 Å². The largest absolute Gasteiger partial charge is 0.497 e. The van der Waals surface area contributed by atoms with E-state index in [9.17, 15) is 31.2 Å². The Morgan fingerprint density at radius 1 is 1.00 bits per heavy atom. The number of methoxy groups -OCH3 is 1. The molecule has 0 unspecified atom stereocenters. The molecule has 1 fully saturated rings. The number of halogens is 3. The van der Waals surface area contributed by atoms with E-state index in [1.165, 1.54) is 25.0 Å². The number of nitrogens with zero attached hydrogens (tertiary/aromatic N) is 2. The molecule has 2 aromatic rings. The number of nitrogens with one attached hydrogen (secondary N) is 1. The number of sulfonamides is 1. The number of benzene rings is 2. The van der Waals surface area contributed by atoms with Gasteiger partial charge in [0.15, 0.2) is 0 Å². The maximum Gasteiger partial charge on any atom is 0.417 e. The molecule has 2 amide bonds. The first kappa shape index (κ1) is 25.5. The fourth-order valence-electron chi connectivity index (χ4n) is 3.62. The van der Waals surface area contributed by atoms with E-state index >= 15 is 0 Å². The van der Waals surface area contributed by atoms with Crippen molar-refractivity contribution in [3.8, 4) is 5.75 Å². The van der Waals surface area contributed by atoms with Gasteiger partial charge in [-0.15, -0.1) is 0 Å². The van der Waals surface area contributed by atoms with Crippen LogP contribution in [0.15, 0.2) is 53.4 Å². The minimum Gasteiger partial charge on any atom is -0.497 e. The summed E-state index contributed by atoms with van der Waals surface area (Å²) in [6.07, 6.45) is -4.87. The molecule has 3 rings (SSSR count). The van der Waals surface area contributed by atoms with Gasteiger partial charge >= 0.3 is 6.18 Å². The molecule has 12 heteroatoms. The van der Waals surface area contributed by atoms with E-state index < -0.39 is 38.6 Å². The van der Waals surface area contributed by atoms with E-state index in [-0.39, 0.29) is 32.1 Å². The normalized spacial score (nSPS) is 15.7. The Balaban J connectivity index is 1.64. The Labute approximate surface area is 195 Å². The second kappa shape index (κ2) is 10.0. The lowest BCUT2D eigenvalue weighted by molar-refractivity contribution is -0.139. The van der Waals surface area contributed by atoms with Gasteiger partial charge in [0.2, 0.25) is 15.9 Å². The fraction of sp³-hybridized carbons (Fsp3) is 0.364. The zero-order valence-corrected chi connectivity index (χ0v) is 19.3. The molecule has 34 heavy (non-hydrogen) atoms. The van der Waals surface area contributed by atoms with Gasteiger partial charge < -0.3 is 14.5 Å². The smallest absolute Gasteiger partial charge is 0.417 e. The summed E-state index contributed by atoms with van der Waals surface area (Å²) in [4.78, 5) is 27.5. The average Bonchev–Trinajstić information content (AvgIpc) is 2.82. The number of carbonyl (C=O) groups excluding carboxylic acids is 2. The summed E-state index contributed by atoms with van der Waals surface area (Å²) in [5.74, 6) is -0.294. The Kier molecular flexibility index (Phi) is 7.51. The minimum atomic E-state index is -4.87. The van der Waals surface area contributed by atoms with Gasteiger partial charge in [0.05, 0.1) is 23.6 Å². The average molecular weight is 500 g/mol. The molecule has 1 heterocycles. The van der Waals surface area contributed by atoms with Gasteiger partial charge in [-0.3, -0.25) is 9.59 Å². The van der Waals surface area contributed by atoms with Crippen molar-refractivity contribution in [3.05, 3.63) is 59.7 Å². The number of ether oxygens (including phenoxy) is 1. The second-order valence-corrected chi connectivity index (χ2v) is 9.37. The lowest BCUT2D eigenvalue weighted by Crippen LogP contribution is -2.55. The molecular weight excluding hydrogens is 475 g/mol. The highest BCUT2D eigenvalue weighted by Crippen LogP contribution is 2.34. The molecular formula is C22H24F3N3O5S. The number of amides is 2. The van der Waals surface area contributed by atoms with Crippen LogP contribution in [0.5, 0.6) is 5.75 Å². The summed E-state index contributed by atoms with van der Waals surface area (Å²) in [6.45, 7) is 2.01. The number of carbonyl (C=O) groups is 2. The van der Waals surface area contributed by atoms with Crippen LogP contribution in [0.2, 0.25) is 0 Å². The zero-order valence-electron chi connectivity index (χ0n) is 18.5. The maximum absolute atomic E-state index is 13.2. The van der Waals surface area contributed by atoms with Crippen molar-refractivity contribution in [3.63, 3.8) is 0 Å². The molecule has 8 nitrogen and oxygen atoms in total. The van der Waals surface area contributed by atoms with Crippen LogP contribution in [0.25, 0.3) is 0 Å². The molecule has 184 valence electrons.